The molecule has 0 aliphatic carbocycles. The lowest BCUT2D eigenvalue weighted by molar-refractivity contribution is -0.385. The van der Waals surface area contributed by atoms with Crippen LogP contribution in [0.15, 0.2) is 54.6 Å². The molecular weight excluding hydrogens is 336 g/mol. The largest absolute Gasteiger partial charge is 0.484 e. The van der Waals surface area contributed by atoms with Gasteiger partial charge in [-0.15, -0.1) is 0 Å². The Hall–Kier alpha value is -3.48. The van der Waals surface area contributed by atoms with Crippen LogP contribution < -0.4 is 4.74 Å². The number of hydrogen-bond acceptors (Lipinski definition) is 5. The molecule has 2 rings (SSSR count). The predicted octanol–water partition coefficient (Wildman–Crippen LogP) is 2.96. The average molecular weight is 354 g/mol. The molecule has 0 saturated carbocycles. The molecule has 0 aliphatic heterocycles. The number of nitrogens with zero attached hydrogens (tertiary/aromatic N) is 2. The van der Waals surface area contributed by atoms with E-state index in [4.69, 9.17) is 4.74 Å². The van der Waals surface area contributed by atoms with Crippen LogP contribution in [0.3, 0.4) is 0 Å². The third kappa shape index (κ3) is 5.01. The number of allylic oxidation sites excluding steroid dienone is 1. The molecule has 0 aromatic heterocycles. The number of hydrogen-bond donors (Lipinski definition) is 0. The number of benzene rings is 2. The molecule has 0 radical (unpaired) electrons. The van der Waals surface area contributed by atoms with Crippen LogP contribution in [0.2, 0.25) is 0 Å². The minimum atomic E-state index is -0.500. The molecule has 26 heavy (non-hydrogen) atoms. The molecule has 0 aliphatic rings. The van der Waals surface area contributed by atoms with Crippen LogP contribution in [0.5, 0.6) is 5.75 Å². The predicted molar refractivity (Wildman–Crippen MR) is 97.1 cm³/mol. The lowest BCUT2D eigenvalue weighted by Crippen LogP contribution is -2.27. The van der Waals surface area contributed by atoms with Gasteiger partial charge in [-0.05, 0) is 30.4 Å². The standard InChI is InChI=1S/C19H18N2O5/c1-20(2)19(23)13-26-16-8-5-7-15(12-16)18(22)11-10-14-6-3-4-9-17(14)21(24)25/h3-12H,13H2,1-2H3/b11-10-. The summed E-state index contributed by atoms with van der Waals surface area (Å²) in [7, 11) is 3.25. The van der Waals surface area contributed by atoms with Gasteiger partial charge in [0.2, 0.25) is 0 Å². The van der Waals surface area contributed by atoms with E-state index in [1.807, 2.05) is 0 Å². The van der Waals surface area contributed by atoms with Gasteiger partial charge in [0, 0.05) is 25.7 Å². The van der Waals surface area contributed by atoms with Crippen LogP contribution in [0.1, 0.15) is 15.9 Å². The Bertz CT molecular complexity index is 859. The molecule has 1 amide bonds. The maximum atomic E-state index is 12.3. The highest BCUT2D eigenvalue weighted by molar-refractivity contribution is 6.07. The number of ketones is 1. The normalized spacial score (nSPS) is 10.5. The number of likely N-dealkylation sites (N-methyl/N-ethyl adjacent to an activating group) is 1. The fraction of sp³-hybridized carbons (Fsp3) is 0.158. The number of carbonyl (C=O) groups excluding carboxylic acids is 2. The Kier molecular flexibility index (Phi) is 6.21. The Morgan fingerprint density at radius 1 is 1.15 bits per heavy atom. The molecular formula is C19H18N2O5. The summed E-state index contributed by atoms with van der Waals surface area (Å²) < 4.78 is 5.38. The first-order valence-corrected chi connectivity index (χ1v) is 7.77. The number of para-hydroxylation sites is 1. The van der Waals surface area contributed by atoms with Crippen molar-refractivity contribution in [2.75, 3.05) is 20.7 Å². The first-order chi connectivity index (χ1) is 12.4. The zero-order valence-corrected chi connectivity index (χ0v) is 14.4. The van der Waals surface area contributed by atoms with Crippen molar-refractivity contribution in [1.82, 2.24) is 4.90 Å². The van der Waals surface area contributed by atoms with E-state index >= 15 is 0 Å². The van der Waals surface area contributed by atoms with Crippen LogP contribution in [-0.2, 0) is 4.79 Å². The van der Waals surface area contributed by atoms with Crippen molar-refractivity contribution in [3.05, 3.63) is 75.8 Å². The van der Waals surface area contributed by atoms with Crippen LogP contribution in [0, 0.1) is 10.1 Å². The average Bonchev–Trinajstić information content (AvgIpc) is 2.64. The van der Waals surface area contributed by atoms with Gasteiger partial charge < -0.3 is 9.64 Å². The molecule has 2 aromatic carbocycles. The van der Waals surface area contributed by atoms with Gasteiger partial charge in [-0.3, -0.25) is 19.7 Å². The molecule has 0 heterocycles. The first kappa shape index (κ1) is 18.9. The molecule has 0 unspecified atom stereocenters. The number of nitro groups is 1. The molecule has 134 valence electrons. The van der Waals surface area contributed by atoms with Crippen molar-refractivity contribution in [2.45, 2.75) is 0 Å². The zero-order chi connectivity index (χ0) is 19.1. The molecule has 0 bridgehead atoms. The lowest BCUT2D eigenvalue weighted by Gasteiger charge is -2.11. The lowest BCUT2D eigenvalue weighted by atomic mass is 10.1. The summed E-state index contributed by atoms with van der Waals surface area (Å²) in [5, 5.41) is 11.0. The van der Waals surface area contributed by atoms with Gasteiger partial charge in [-0.2, -0.15) is 0 Å². The topological polar surface area (TPSA) is 89.8 Å². The van der Waals surface area contributed by atoms with E-state index in [0.29, 0.717) is 16.9 Å². The maximum absolute atomic E-state index is 12.3. The summed E-state index contributed by atoms with van der Waals surface area (Å²) in [6.45, 7) is -0.128. The monoisotopic (exact) mass is 354 g/mol. The number of rotatable bonds is 7. The first-order valence-electron chi connectivity index (χ1n) is 7.77. The molecule has 2 aromatic rings. The van der Waals surface area contributed by atoms with Gasteiger partial charge in [0.05, 0.1) is 10.5 Å². The SMILES string of the molecule is CN(C)C(=O)COc1cccc(C(=O)/C=C\c2ccccc2[N+](=O)[O-])c1. The van der Waals surface area contributed by atoms with E-state index in [1.165, 1.54) is 29.2 Å². The Morgan fingerprint density at radius 2 is 1.88 bits per heavy atom. The Morgan fingerprint density at radius 3 is 2.58 bits per heavy atom. The number of carbonyl (C=O) groups is 2. The third-order valence-electron chi connectivity index (χ3n) is 3.53. The molecule has 0 spiro atoms. The van der Waals surface area contributed by atoms with Gasteiger partial charge in [0.15, 0.2) is 12.4 Å². The summed E-state index contributed by atoms with van der Waals surface area (Å²) >= 11 is 0. The molecule has 0 fully saturated rings. The molecule has 0 N–H and O–H groups in total. The van der Waals surface area contributed by atoms with E-state index < -0.39 is 4.92 Å². The second-order valence-corrected chi connectivity index (χ2v) is 5.62. The number of nitro benzene ring substituents is 1. The van der Waals surface area contributed by atoms with Gasteiger partial charge in [0.25, 0.3) is 11.6 Å². The van der Waals surface area contributed by atoms with E-state index in [2.05, 4.69) is 0 Å². The van der Waals surface area contributed by atoms with Gasteiger partial charge >= 0.3 is 0 Å². The highest BCUT2D eigenvalue weighted by Gasteiger charge is 2.11. The molecule has 0 saturated heterocycles. The zero-order valence-electron chi connectivity index (χ0n) is 14.4. The summed E-state index contributed by atoms with van der Waals surface area (Å²) in [6, 6.07) is 12.6. The molecule has 7 heteroatoms. The molecule has 7 nitrogen and oxygen atoms in total. The molecule has 0 atom stereocenters. The summed E-state index contributed by atoms with van der Waals surface area (Å²) in [4.78, 5) is 35.8. The highest BCUT2D eigenvalue weighted by atomic mass is 16.6. The fourth-order valence-electron chi connectivity index (χ4n) is 2.07. The van der Waals surface area contributed by atoms with E-state index in [9.17, 15) is 19.7 Å². The van der Waals surface area contributed by atoms with Crippen molar-refractivity contribution in [3.8, 4) is 5.75 Å². The van der Waals surface area contributed by atoms with Crippen LogP contribution in [0.4, 0.5) is 5.69 Å². The second-order valence-electron chi connectivity index (χ2n) is 5.62. The van der Waals surface area contributed by atoms with E-state index in [-0.39, 0.29) is 24.0 Å². The van der Waals surface area contributed by atoms with Crippen molar-refractivity contribution in [3.63, 3.8) is 0 Å². The number of ether oxygens (including phenoxy) is 1. The van der Waals surface area contributed by atoms with Crippen LogP contribution in [-0.4, -0.2) is 42.2 Å². The Balaban J connectivity index is 2.12. The van der Waals surface area contributed by atoms with Gasteiger partial charge in [-0.25, -0.2) is 0 Å². The van der Waals surface area contributed by atoms with Crippen molar-refractivity contribution in [2.24, 2.45) is 0 Å². The van der Waals surface area contributed by atoms with Crippen molar-refractivity contribution < 1.29 is 19.2 Å². The Labute approximate surface area is 150 Å². The smallest absolute Gasteiger partial charge is 0.276 e. The fourth-order valence-corrected chi connectivity index (χ4v) is 2.07. The minimum Gasteiger partial charge on any atom is -0.484 e. The second kappa shape index (κ2) is 8.57. The summed E-state index contributed by atoms with van der Waals surface area (Å²) in [5.74, 6) is -0.129. The van der Waals surface area contributed by atoms with Crippen molar-refractivity contribution >= 4 is 23.5 Å². The highest BCUT2D eigenvalue weighted by Crippen LogP contribution is 2.20. The summed E-state index contributed by atoms with van der Waals surface area (Å²) in [5.41, 5.74) is 0.625. The van der Waals surface area contributed by atoms with Gasteiger partial charge in [-0.1, -0.05) is 24.3 Å². The van der Waals surface area contributed by atoms with Crippen LogP contribution >= 0.6 is 0 Å². The van der Waals surface area contributed by atoms with Crippen molar-refractivity contribution in [1.29, 1.82) is 0 Å². The minimum absolute atomic E-state index is 0.0733. The summed E-state index contributed by atoms with van der Waals surface area (Å²) in [6.07, 6.45) is 2.68. The van der Waals surface area contributed by atoms with Crippen LogP contribution in [0.25, 0.3) is 6.08 Å². The maximum Gasteiger partial charge on any atom is 0.276 e. The third-order valence-corrected chi connectivity index (χ3v) is 3.53. The quantitative estimate of drug-likeness (QED) is 0.330. The van der Waals surface area contributed by atoms with E-state index in [0.717, 1.165) is 0 Å². The van der Waals surface area contributed by atoms with E-state index in [1.54, 1.807) is 50.5 Å². The van der Waals surface area contributed by atoms with Gasteiger partial charge in [0.1, 0.15) is 5.75 Å². The number of amides is 1.